The van der Waals surface area contributed by atoms with Crippen molar-refractivity contribution in [3.63, 3.8) is 0 Å². The monoisotopic (exact) mass is 436 g/mol. The highest BCUT2D eigenvalue weighted by Crippen LogP contribution is 2.23. The molecule has 0 bridgehead atoms. The first-order valence-corrected chi connectivity index (χ1v) is 10.9. The number of halogens is 1. The van der Waals surface area contributed by atoms with E-state index in [2.05, 4.69) is 11.9 Å². The molecule has 1 atom stereocenters. The van der Waals surface area contributed by atoms with Gasteiger partial charge in [-0.05, 0) is 56.9 Å². The molecule has 1 amide bonds. The van der Waals surface area contributed by atoms with E-state index in [1.807, 2.05) is 0 Å². The maximum absolute atomic E-state index is 12.6. The zero-order chi connectivity index (χ0) is 21.0. The first-order valence-electron chi connectivity index (χ1n) is 9.68. The molecule has 0 spiro atoms. The predicted molar refractivity (Wildman–Crippen MR) is 112 cm³/mol. The lowest BCUT2D eigenvalue weighted by Crippen LogP contribution is -2.44. The fourth-order valence-corrected chi connectivity index (χ4v) is 4.12. The summed E-state index contributed by atoms with van der Waals surface area (Å²) in [7, 11) is 0. The van der Waals surface area contributed by atoms with E-state index < -0.39 is 12.1 Å². The lowest BCUT2D eigenvalue weighted by atomic mass is 9.99. The minimum atomic E-state index is -0.814. The van der Waals surface area contributed by atoms with E-state index in [-0.39, 0.29) is 12.5 Å². The number of benzene rings is 1. The maximum atomic E-state index is 12.6. The molecule has 6 nitrogen and oxygen atoms in total. The molecule has 1 aliphatic heterocycles. The van der Waals surface area contributed by atoms with E-state index >= 15 is 0 Å². The van der Waals surface area contributed by atoms with Crippen LogP contribution in [-0.2, 0) is 16.1 Å². The van der Waals surface area contributed by atoms with Gasteiger partial charge in [-0.1, -0.05) is 18.5 Å². The molecule has 156 valence electrons. The molecule has 1 fully saturated rings. The van der Waals surface area contributed by atoms with Gasteiger partial charge in [0.15, 0.2) is 6.10 Å². The Morgan fingerprint density at radius 3 is 2.59 bits per heavy atom. The quantitative estimate of drug-likeness (QED) is 0.624. The first kappa shape index (κ1) is 21.6. The Morgan fingerprint density at radius 2 is 1.93 bits per heavy atom. The highest BCUT2D eigenvalue weighted by Gasteiger charge is 2.28. The van der Waals surface area contributed by atoms with Gasteiger partial charge in [-0.2, -0.15) is 0 Å². The van der Waals surface area contributed by atoms with Gasteiger partial charge in [0.2, 0.25) is 0 Å². The predicted octanol–water partition coefficient (Wildman–Crippen LogP) is 4.49. The molecule has 2 heterocycles. The third kappa shape index (κ3) is 5.70. The van der Waals surface area contributed by atoms with Crippen LogP contribution in [0.5, 0.6) is 5.75 Å². The van der Waals surface area contributed by atoms with Crippen LogP contribution in [0.3, 0.4) is 0 Å². The van der Waals surface area contributed by atoms with Crippen LogP contribution in [0.15, 0.2) is 24.3 Å². The summed E-state index contributed by atoms with van der Waals surface area (Å²) >= 11 is 7.08. The van der Waals surface area contributed by atoms with E-state index in [9.17, 15) is 9.59 Å². The highest BCUT2D eigenvalue weighted by atomic mass is 35.5. The van der Waals surface area contributed by atoms with Crippen LogP contribution in [0, 0.1) is 12.8 Å². The normalized spacial score (nSPS) is 15.8. The highest BCUT2D eigenvalue weighted by molar-refractivity contribution is 7.13. The summed E-state index contributed by atoms with van der Waals surface area (Å²) in [6.07, 6.45) is 1.15. The average molecular weight is 437 g/mol. The van der Waals surface area contributed by atoms with Gasteiger partial charge in [0.05, 0.1) is 5.69 Å². The molecule has 0 aliphatic carbocycles. The Hall–Kier alpha value is -2.12. The lowest BCUT2D eigenvalue weighted by Gasteiger charge is -2.31. The van der Waals surface area contributed by atoms with Crippen molar-refractivity contribution in [1.82, 2.24) is 9.88 Å². The summed E-state index contributed by atoms with van der Waals surface area (Å²) in [5, 5.41) is 1.30. The molecule has 1 saturated heterocycles. The van der Waals surface area contributed by atoms with Crippen molar-refractivity contribution in [3.05, 3.63) is 44.9 Å². The second kappa shape index (κ2) is 9.59. The lowest BCUT2D eigenvalue weighted by molar-refractivity contribution is -0.141. The molecular formula is C21H25ClN2O4S. The first-order chi connectivity index (χ1) is 13.8. The third-order valence-corrected chi connectivity index (χ3v) is 6.29. The van der Waals surface area contributed by atoms with E-state index in [0.717, 1.165) is 12.8 Å². The molecule has 1 aliphatic rings. The zero-order valence-corrected chi connectivity index (χ0v) is 18.4. The second-order valence-electron chi connectivity index (χ2n) is 7.32. The van der Waals surface area contributed by atoms with Crippen molar-refractivity contribution < 1.29 is 19.1 Å². The number of esters is 1. The van der Waals surface area contributed by atoms with Gasteiger partial charge in [0.1, 0.15) is 22.2 Å². The molecule has 8 heteroatoms. The van der Waals surface area contributed by atoms with Crippen LogP contribution in [0.2, 0.25) is 5.02 Å². The minimum absolute atomic E-state index is 0.140. The summed E-state index contributed by atoms with van der Waals surface area (Å²) in [5.74, 6) is 0.634. The van der Waals surface area contributed by atoms with Gasteiger partial charge in [-0.3, -0.25) is 4.79 Å². The number of rotatable bonds is 6. The molecular weight excluding hydrogens is 412 g/mol. The second-order valence-corrected chi connectivity index (χ2v) is 8.84. The summed E-state index contributed by atoms with van der Waals surface area (Å²) in [6.45, 7) is 7.23. The van der Waals surface area contributed by atoms with Crippen molar-refractivity contribution in [2.75, 3.05) is 13.1 Å². The fraction of sp³-hybridized carbons (Fsp3) is 0.476. The van der Waals surface area contributed by atoms with Crippen molar-refractivity contribution >= 4 is 34.8 Å². The standard InChI is InChI=1S/C21H25ClN2O4S/c1-13-8-10-24(11-9-13)20(25)15(3)28-21(26)19-14(2)23-18(29-19)12-27-17-6-4-16(22)5-7-17/h4-7,13,15H,8-12H2,1-3H3. The van der Waals surface area contributed by atoms with E-state index in [0.29, 0.717) is 45.4 Å². The number of nitrogens with zero attached hydrogens (tertiary/aromatic N) is 2. The van der Waals surface area contributed by atoms with Crippen LogP contribution < -0.4 is 4.74 Å². The number of piperidine rings is 1. The van der Waals surface area contributed by atoms with Gasteiger partial charge in [0.25, 0.3) is 5.91 Å². The summed E-state index contributed by atoms with van der Waals surface area (Å²) in [6, 6.07) is 7.03. The van der Waals surface area contributed by atoms with E-state index in [1.165, 1.54) is 11.3 Å². The number of likely N-dealkylation sites (tertiary alicyclic amines) is 1. The topological polar surface area (TPSA) is 68.7 Å². The van der Waals surface area contributed by atoms with Gasteiger partial charge in [-0.25, -0.2) is 9.78 Å². The van der Waals surface area contributed by atoms with Crippen molar-refractivity contribution in [3.8, 4) is 5.75 Å². The fourth-order valence-electron chi connectivity index (χ4n) is 3.13. The molecule has 3 rings (SSSR count). The maximum Gasteiger partial charge on any atom is 0.351 e. The number of ether oxygens (including phenoxy) is 2. The molecule has 1 unspecified atom stereocenters. The van der Waals surface area contributed by atoms with Crippen molar-refractivity contribution in [2.45, 2.75) is 46.3 Å². The Balaban J connectivity index is 1.56. The third-order valence-electron chi connectivity index (χ3n) is 4.93. The van der Waals surface area contributed by atoms with Crippen LogP contribution in [-0.4, -0.2) is 41.0 Å². The Bertz CT molecular complexity index is 860. The average Bonchev–Trinajstić information content (AvgIpc) is 3.08. The molecule has 1 aromatic carbocycles. The number of thiazole rings is 1. The molecule has 0 radical (unpaired) electrons. The summed E-state index contributed by atoms with van der Waals surface area (Å²) < 4.78 is 11.1. The molecule has 2 aromatic rings. The Labute approximate surface area is 179 Å². The van der Waals surface area contributed by atoms with Crippen LogP contribution >= 0.6 is 22.9 Å². The zero-order valence-electron chi connectivity index (χ0n) is 16.8. The molecule has 1 aromatic heterocycles. The van der Waals surface area contributed by atoms with Gasteiger partial charge < -0.3 is 14.4 Å². The molecule has 0 saturated carbocycles. The number of hydrogen-bond acceptors (Lipinski definition) is 6. The van der Waals surface area contributed by atoms with E-state index in [4.69, 9.17) is 21.1 Å². The summed E-state index contributed by atoms with van der Waals surface area (Å²) in [5.41, 5.74) is 0.571. The Kier molecular flexibility index (Phi) is 7.14. The number of aryl methyl sites for hydroxylation is 1. The smallest absolute Gasteiger partial charge is 0.351 e. The summed E-state index contributed by atoms with van der Waals surface area (Å²) in [4.78, 5) is 31.7. The van der Waals surface area contributed by atoms with Gasteiger partial charge in [0, 0.05) is 18.1 Å². The number of carbonyl (C=O) groups excluding carboxylic acids is 2. The van der Waals surface area contributed by atoms with Crippen molar-refractivity contribution in [2.24, 2.45) is 5.92 Å². The number of aromatic nitrogens is 1. The SMILES string of the molecule is Cc1nc(COc2ccc(Cl)cc2)sc1C(=O)OC(C)C(=O)N1CCC(C)CC1. The van der Waals surface area contributed by atoms with Gasteiger partial charge >= 0.3 is 5.97 Å². The van der Waals surface area contributed by atoms with Gasteiger partial charge in [-0.15, -0.1) is 11.3 Å². The van der Waals surface area contributed by atoms with Crippen LogP contribution in [0.4, 0.5) is 0 Å². The van der Waals surface area contributed by atoms with Crippen LogP contribution in [0.1, 0.15) is 47.1 Å². The van der Waals surface area contributed by atoms with Crippen LogP contribution in [0.25, 0.3) is 0 Å². The minimum Gasteiger partial charge on any atom is -0.486 e. The molecule has 0 N–H and O–H groups in total. The number of hydrogen-bond donors (Lipinski definition) is 0. The van der Waals surface area contributed by atoms with Crippen molar-refractivity contribution in [1.29, 1.82) is 0 Å². The largest absolute Gasteiger partial charge is 0.486 e. The van der Waals surface area contributed by atoms with E-state index in [1.54, 1.807) is 43.0 Å². The number of carbonyl (C=O) groups is 2. The number of amides is 1. The molecule has 29 heavy (non-hydrogen) atoms. The Morgan fingerprint density at radius 1 is 1.28 bits per heavy atom.